The van der Waals surface area contributed by atoms with E-state index in [0.29, 0.717) is 13.1 Å². The first-order valence-corrected chi connectivity index (χ1v) is 7.95. The number of rotatable bonds is 3. The van der Waals surface area contributed by atoms with E-state index >= 15 is 0 Å². The van der Waals surface area contributed by atoms with Crippen molar-refractivity contribution in [1.29, 1.82) is 0 Å². The molecule has 2 amide bonds. The molecule has 1 aromatic rings. The van der Waals surface area contributed by atoms with Crippen LogP contribution in [-0.4, -0.2) is 35.8 Å². The summed E-state index contributed by atoms with van der Waals surface area (Å²) in [5.74, 6) is 0.274. The van der Waals surface area contributed by atoms with Crippen molar-refractivity contribution in [2.24, 2.45) is 5.92 Å². The van der Waals surface area contributed by atoms with Crippen molar-refractivity contribution in [2.75, 3.05) is 13.1 Å². The summed E-state index contributed by atoms with van der Waals surface area (Å²) in [6, 6.07) is 4.04. The van der Waals surface area contributed by atoms with Crippen LogP contribution in [0.4, 0.5) is 0 Å². The molecule has 0 aromatic carbocycles. The molecular weight excluding hydrogens is 272 g/mol. The molecule has 20 heavy (non-hydrogen) atoms. The Labute approximate surface area is 124 Å². The van der Waals surface area contributed by atoms with Gasteiger partial charge in [-0.1, -0.05) is 0 Å². The number of aryl methyl sites for hydroxylation is 1. The Bertz CT molecular complexity index is 488. The fraction of sp³-hybridized carbons (Fsp3) is 0.600. The van der Waals surface area contributed by atoms with Crippen LogP contribution in [0.1, 0.15) is 41.2 Å². The largest absolute Gasteiger partial charge is 0.354 e. The predicted molar refractivity (Wildman–Crippen MR) is 81.0 cm³/mol. The molecule has 0 unspecified atom stereocenters. The maximum atomic E-state index is 12.3. The smallest absolute Gasteiger partial charge is 0.263 e. The zero-order chi connectivity index (χ0) is 14.7. The van der Waals surface area contributed by atoms with Crippen molar-refractivity contribution in [3.63, 3.8) is 0 Å². The van der Waals surface area contributed by atoms with Gasteiger partial charge in [-0.2, -0.15) is 0 Å². The van der Waals surface area contributed by atoms with Gasteiger partial charge in [0, 0.05) is 29.9 Å². The zero-order valence-electron chi connectivity index (χ0n) is 12.3. The van der Waals surface area contributed by atoms with Crippen LogP contribution in [0.25, 0.3) is 0 Å². The minimum absolute atomic E-state index is 0.0477. The number of piperidine rings is 1. The summed E-state index contributed by atoms with van der Waals surface area (Å²) >= 11 is 1.53. The second-order valence-corrected chi connectivity index (χ2v) is 6.93. The van der Waals surface area contributed by atoms with E-state index in [-0.39, 0.29) is 23.8 Å². The Balaban J connectivity index is 1.88. The van der Waals surface area contributed by atoms with Crippen LogP contribution in [0, 0.1) is 12.8 Å². The summed E-state index contributed by atoms with van der Waals surface area (Å²) < 4.78 is 0. The molecule has 0 aliphatic carbocycles. The molecule has 0 saturated carbocycles. The minimum atomic E-state index is 0.0477. The molecule has 1 fully saturated rings. The number of likely N-dealkylation sites (tertiary alicyclic amines) is 1. The Hall–Kier alpha value is -1.36. The van der Waals surface area contributed by atoms with Crippen molar-refractivity contribution in [1.82, 2.24) is 10.2 Å². The van der Waals surface area contributed by atoms with Gasteiger partial charge >= 0.3 is 0 Å². The SMILES string of the molecule is Cc1ccc(C(=O)N2CCC(C(=O)NC(C)C)CC2)s1. The van der Waals surface area contributed by atoms with Crippen LogP contribution in [0.3, 0.4) is 0 Å². The quantitative estimate of drug-likeness (QED) is 0.931. The van der Waals surface area contributed by atoms with E-state index in [4.69, 9.17) is 0 Å². The maximum Gasteiger partial charge on any atom is 0.263 e. The zero-order valence-corrected chi connectivity index (χ0v) is 13.1. The number of carbonyl (C=O) groups is 2. The highest BCUT2D eigenvalue weighted by Crippen LogP contribution is 2.22. The molecule has 0 atom stereocenters. The summed E-state index contributed by atoms with van der Waals surface area (Å²) in [4.78, 5) is 28.1. The van der Waals surface area contributed by atoms with Crippen LogP contribution in [0.15, 0.2) is 12.1 Å². The van der Waals surface area contributed by atoms with Gasteiger partial charge < -0.3 is 10.2 Å². The number of hydrogen-bond acceptors (Lipinski definition) is 3. The molecule has 0 bridgehead atoms. The Kier molecular flexibility index (Phi) is 4.81. The van der Waals surface area contributed by atoms with Crippen LogP contribution in [0.5, 0.6) is 0 Å². The number of hydrogen-bond donors (Lipinski definition) is 1. The lowest BCUT2D eigenvalue weighted by Gasteiger charge is -2.31. The maximum absolute atomic E-state index is 12.3. The molecule has 4 nitrogen and oxygen atoms in total. The van der Waals surface area contributed by atoms with Gasteiger partial charge in [-0.05, 0) is 45.7 Å². The number of nitrogens with zero attached hydrogens (tertiary/aromatic N) is 1. The van der Waals surface area contributed by atoms with Gasteiger partial charge in [0.1, 0.15) is 0 Å². The molecule has 1 aromatic heterocycles. The molecule has 110 valence electrons. The molecule has 1 N–H and O–H groups in total. The standard InChI is InChI=1S/C15H22N2O2S/c1-10(2)16-14(18)12-6-8-17(9-7-12)15(19)13-5-4-11(3)20-13/h4-5,10,12H,6-9H2,1-3H3,(H,16,18). The summed E-state index contributed by atoms with van der Waals surface area (Å²) in [5.41, 5.74) is 0. The minimum Gasteiger partial charge on any atom is -0.354 e. The lowest BCUT2D eigenvalue weighted by Crippen LogP contribution is -2.44. The second kappa shape index (κ2) is 6.39. The Morgan fingerprint density at radius 2 is 1.95 bits per heavy atom. The van der Waals surface area contributed by atoms with Gasteiger partial charge in [0.25, 0.3) is 5.91 Å². The fourth-order valence-electron chi connectivity index (χ4n) is 2.45. The van der Waals surface area contributed by atoms with Crippen LogP contribution >= 0.6 is 11.3 Å². The average Bonchev–Trinajstić information content (AvgIpc) is 2.84. The van der Waals surface area contributed by atoms with Crippen molar-refractivity contribution in [3.05, 3.63) is 21.9 Å². The molecule has 2 rings (SSSR count). The monoisotopic (exact) mass is 294 g/mol. The fourth-order valence-corrected chi connectivity index (χ4v) is 3.29. The van der Waals surface area contributed by atoms with Crippen molar-refractivity contribution >= 4 is 23.2 Å². The van der Waals surface area contributed by atoms with E-state index in [9.17, 15) is 9.59 Å². The van der Waals surface area contributed by atoms with E-state index in [1.165, 1.54) is 11.3 Å². The number of thiophene rings is 1. The first-order valence-electron chi connectivity index (χ1n) is 7.13. The first-order chi connectivity index (χ1) is 9.47. The molecule has 2 heterocycles. The highest BCUT2D eigenvalue weighted by Gasteiger charge is 2.28. The number of nitrogens with one attached hydrogen (secondary N) is 1. The highest BCUT2D eigenvalue weighted by atomic mass is 32.1. The van der Waals surface area contributed by atoms with Gasteiger partial charge in [0.05, 0.1) is 4.88 Å². The number of amides is 2. The third-order valence-electron chi connectivity index (χ3n) is 3.54. The topological polar surface area (TPSA) is 49.4 Å². The first kappa shape index (κ1) is 15.0. The van der Waals surface area contributed by atoms with Gasteiger partial charge in [-0.25, -0.2) is 0 Å². The Morgan fingerprint density at radius 1 is 1.30 bits per heavy atom. The van der Waals surface area contributed by atoms with E-state index < -0.39 is 0 Å². The number of carbonyl (C=O) groups excluding carboxylic acids is 2. The Morgan fingerprint density at radius 3 is 2.45 bits per heavy atom. The van der Waals surface area contributed by atoms with E-state index in [2.05, 4.69) is 5.32 Å². The molecule has 0 spiro atoms. The normalized spacial score (nSPS) is 16.5. The molecule has 1 aliphatic rings. The molecule has 1 saturated heterocycles. The third-order valence-corrected chi connectivity index (χ3v) is 4.52. The third kappa shape index (κ3) is 3.60. The van der Waals surface area contributed by atoms with Crippen molar-refractivity contribution in [2.45, 2.75) is 39.7 Å². The summed E-state index contributed by atoms with van der Waals surface area (Å²) in [5, 5.41) is 2.95. The van der Waals surface area contributed by atoms with Gasteiger partial charge in [0.15, 0.2) is 0 Å². The van der Waals surface area contributed by atoms with E-state index in [1.54, 1.807) is 0 Å². The molecule has 1 aliphatic heterocycles. The van der Waals surface area contributed by atoms with Gasteiger partial charge in [0.2, 0.25) is 5.91 Å². The second-order valence-electron chi connectivity index (χ2n) is 5.64. The van der Waals surface area contributed by atoms with E-state index in [0.717, 1.165) is 22.6 Å². The summed E-state index contributed by atoms with van der Waals surface area (Å²) in [6.45, 7) is 7.28. The van der Waals surface area contributed by atoms with Gasteiger partial charge in [-0.15, -0.1) is 11.3 Å². The molecule has 5 heteroatoms. The molecular formula is C15H22N2O2S. The van der Waals surface area contributed by atoms with Crippen molar-refractivity contribution < 1.29 is 9.59 Å². The predicted octanol–water partition coefficient (Wildman–Crippen LogP) is 2.43. The lowest BCUT2D eigenvalue weighted by molar-refractivity contribution is -0.126. The van der Waals surface area contributed by atoms with Crippen LogP contribution in [-0.2, 0) is 4.79 Å². The van der Waals surface area contributed by atoms with Crippen LogP contribution < -0.4 is 5.32 Å². The average molecular weight is 294 g/mol. The lowest BCUT2D eigenvalue weighted by atomic mass is 9.95. The van der Waals surface area contributed by atoms with Crippen LogP contribution in [0.2, 0.25) is 0 Å². The van der Waals surface area contributed by atoms with E-state index in [1.807, 2.05) is 37.8 Å². The molecule has 0 radical (unpaired) electrons. The summed E-state index contributed by atoms with van der Waals surface area (Å²) in [6.07, 6.45) is 1.52. The summed E-state index contributed by atoms with van der Waals surface area (Å²) in [7, 11) is 0. The highest BCUT2D eigenvalue weighted by molar-refractivity contribution is 7.13. The van der Waals surface area contributed by atoms with Gasteiger partial charge in [-0.3, -0.25) is 9.59 Å². The van der Waals surface area contributed by atoms with Crippen molar-refractivity contribution in [3.8, 4) is 0 Å².